The van der Waals surface area contributed by atoms with Crippen molar-refractivity contribution in [3.63, 3.8) is 0 Å². The number of ketones is 2. The zero-order valence-corrected chi connectivity index (χ0v) is 36.0. The normalized spacial score (nSPS) is 34.2. The molecule has 4 fully saturated rings. The molecule has 0 radical (unpaired) electrons. The molecular formula is C47H58F2N4O9. The molecule has 334 valence electrons. The lowest BCUT2D eigenvalue weighted by Crippen LogP contribution is -2.70. The van der Waals surface area contributed by atoms with Crippen molar-refractivity contribution in [2.24, 2.45) is 28.6 Å². The van der Waals surface area contributed by atoms with Crippen molar-refractivity contribution in [2.45, 2.75) is 115 Å². The zero-order chi connectivity index (χ0) is 44.9. The van der Waals surface area contributed by atoms with Gasteiger partial charge in [0.05, 0.1) is 18.2 Å². The summed E-state index contributed by atoms with van der Waals surface area (Å²) in [5.74, 6) is -3.74. The molecule has 0 spiro atoms. The van der Waals surface area contributed by atoms with Crippen molar-refractivity contribution in [1.82, 2.24) is 16.0 Å². The van der Waals surface area contributed by atoms with Gasteiger partial charge in [-0.1, -0.05) is 63.2 Å². The molecule has 0 aromatic heterocycles. The van der Waals surface area contributed by atoms with Crippen LogP contribution in [-0.4, -0.2) is 101 Å². The van der Waals surface area contributed by atoms with Gasteiger partial charge in [0, 0.05) is 47.0 Å². The molecule has 1 aliphatic heterocycles. The van der Waals surface area contributed by atoms with Gasteiger partial charge < -0.3 is 41.0 Å². The van der Waals surface area contributed by atoms with E-state index in [0.717, 1.165) is 17.2 Å². The minimum absolute atomic E-state index is 0.0100. The smallest absolute Gasteiger partial charge is 0.246 e. The lowest BCUT2D eigenvalue weighted by molar-refractivity contribution is -0.235. The maximum absolute atomic E-state index is 17.7. The molecule has 6 N–H and O–H groups in total. The maximum atomic E-state index is 17.7. The second kappa shape index (κ2) is 17.1. The van der Waals surface area contributed by atoms with Gasteiger partial charge in [-0.2, -0.15) is 0 Å². The predicted octanol–water partition coefficient (Wildman–Crippen LogP) is 4.11. The molecule has 3 amide bonds. The van der Waals surface area contributed by atoms with E-state index >= 15 is 8.78 Å². The summed E-state index contributed by atoms with van der Waals surface area (Å²) in [4.78, 5) is 63.6. The molecule has 62 heavy (non-hydrogen) atoms. The van der Waals surface area contributed by atoms with Crippen molar-refractivity contribution in [2.75, 3.05) is 25.0 Å². The van der Waals surface area contributed by atoms with E-state index in [-0.39, 0.29) is 42.6 Å². The highest BCUT2D eigenvalue weighted by Crippen LogP contribution is 2.72. The van der Waals surface area contributed by atoms with Crippen LogP contribution in [0.2, 0.25) is 0 Å². The first kappa shape index (κ1) is 45.4. The second-order valence-corrected chi connectivity index (χ2v) is 18.4. The molecule has 15 heteroatoms. The molecule has 2 aromatic rings. The summed E-state index contributed by atoms with van der Waals surface area (Å²) in [6.45, 7) is 10.0. The molecule has 2 aromatic carbocycles. The van der Waals surface area contributed by atoms with Gasteiger partial charge in [0.1, 0.15) is 18.8 Å². The first-order valence-corrected chi connectivity index (χ1v) is 21.5. The Bertz CT molecular complexity index is 2170. The van der Waals surface area contributed by atoms with E-state index in [4.69, 9.17) is 9.47 Å². The van der Waals surface area contributed by atoms with Crippen LogP contribution in [0.25, 0.3) is 0 Å². The molecule has 7 rings (SSSR count). The van der Waals surface area contributed by atoms with E-state index < -0.39 is 94.8 Å². The lowest BCUT2D eigenvalue weighted by Gasteiger charge is -2.63. The monoisotopic (exact) mass is 860 g/mol. The number of carbonyl (C=O) groups is 5. The second-order valence-electron chi connectivity index (χ2n) is 18.4. The minimum Gasteiger partial charge on any atom is -0.390 e. The van der Waals surface area contributed by atoms with E-state index in [1.165, 1.54) is 19.1 Å². The summed E-state index contributed by atoms with van der Waals surface area (Å²) in [5.41, 5.74) is -3.92. The number of nitrogens with one attached hydrogen (secondary N) is 4. The van der Waals surface area contributed by atoms with Crippen molar-refractivity contribution < 1.29 is 52.4 Å². The maximum Gasteiger partial charge on any atom is 0.246 e. The quantitative estimate of drug-likeness (QED) is 0.151. The molecule has 1 heterocycles. The lowest BCUT2D eigenvalue weighted by atomic mass is 9.44. The molecule has 4 aliphatic carbocycles. The molecule has 12 atom stereocenters. The third-order valence-corrected chi connectivity index (χ3v) is 14.3. The van der Waals surface area contributed by atoms with Crippen LogP contribution in [0.1, 0.15) is 83.8 Å². The number of hydrogen-bond donors (Lipinski definition) is 6. The number of halogens is 2. The summed E-state index contributed by atoms with van der Waals surface area (Å²) < 4.78 is 46.8. The van der Waals surface area contributed by atoms with Crippen molar-refractivity contribution in [1.29, 1.82) is 0 Å². The fraction of sp³-hybridized carbons (Fsp3) is 0.553. The summed E-state index contributed by atoms with van der Waals surface area (Å²) in [5, 5.41) is 33.5. The first-order chi connectivity index (χ1) is 29.3. The van der Waals surface area contributed by atoms with Crippen LogP contribution in [0.5, 0.6) is 0 Å². The Morgan fingerprint density at radius 2 is 1.65 bits per heavy atom. The summed E-state index contributed by atoms with van der Waals surface area (Å²) in [6.07, 6.45) is -1.36. The molecular weight excluding hydrogens is 803 g/mol. The number of benzene rings is 2. The van der Waals surface area contributed by atoms with E-state index in [2.05, 4.69) is 21.3 Å². The van der Waals surface area contributed by atoms with E-state index in [9.17, 15) is 34.2 Å². The largest absolute Gasteiger partial charge is 0.390 e. The Balaban J connectivity index is 0.988. The summed E-state index contributed by atoms with van der Waals surface area (Å²) in [7, 11) is 0. The van der Waals surface area contributed by atoms with Crippen LogP contribution < -0.4 is 21.3 Å². The number of aliphatic hydroxyl groups excluding tert-OH is 2. The molecule has 3 saturated carbocycles. The van der Waals surface area contributed by atoms with E-state index in [1.54, 1.807) is 40.7 Å². The number of carbonyl (C=O) groups excluding carboxylic acids is 5. The van der Waals surface area contributed by atoms with Crippen molar-refractivity contribution in [3.05, 3.63) is 89.0 Å². The minimum atomic E-state index is -2.34. The number of Topliss-reactive ketones (excluding diaryl/α,β-unsaturated/α-hetero) is 1. The number of aliphatic hydroxyl groups is 2. The van der Waals surface area contributed by atoms with Crippen molar-refractivity contribution >= 4 is 35.0 Å². The van der Waals surface area contributed by atoms with Gasteiger partial charge in [0.25, 0.3) is 0 Å². The van der Waals surface area contributed by atoms with Gasteiger partial charge in [-0.25, -0.2) is 8.78 Å². The molecule has 13 nitrogen and oxygen atoms in total. The number of alkyl halides is 2. The number of hydrogen-bond acceptors (Lipinski definition) is 10. The van der Waals surface area contributed by atoms with Gasteiger partial charge in [-0.05, 0) is 93.4 Å². The summed E-state index contributed by atoms with van der Waals surface area (Å²) >= 11 is 0. The predicted molar refractivity (Wildman–Crippen MR) is 225 cm³/mol. The van der Waals surface area contributed by atoms with Crippen LogP contribution in [0.15, 0.2) is 72.3 Å². The van der Waals surface area contributed by atoms with Crippen LogP contribution >= 0.6 is 0 Å². The Hall–Kier alpha value is -4.67. The SMILES string of the molecule is CC(C)C(=O)NCCN[C@@H](C)C(=O)N[C@@H](C)C(=O)Nc1cccc(Cc2ccc([C@@H]3O[C@@H]4C[C@H]5[C@@H]6C[C@H](F)C7=CC(=O)C=C[C@]7(C)[C@@]6(F)[C@@H](O)C[C@]5(C)[C@]4(C(=O)CO)O3)cc2)c1. The highest BCUT2D eigenvalue weighted by molar-refractivity contribution is 6.01. The first-order valence-electron chi connectivity index (χ1n) is 21.5. The third-order valence-electron chi connectivity index (χ3n) is 14.3. The van der Waals surface area contributed by atoms with Gasteiger partial charge in [0.15, 0.2) is 29.1 Å². The average molecular weight is 861 g/mol. The Morgan fingerprint density at radius 3 is 2.34 bits per heavy atom. The van der Waals surface area contributed by atoms with Gasteiger partial charge in [-0.3, -0.25) is 24.0 Å². The fourth-order valence-corrected chi connectivity index (χ4v) is 10.9. The van der Waals surface area contributed by atoms with Crippen LogP contribution in [0, 0.1) is 28.6 Å². The number of anilines is 1. The standard InChI is InChI=1S/C47H58F2N4O9/c1-25(2)40(58)51-17-16-50-26(3)41(59)52-27(4)42(60)53-31-9-7-8-29(19-31)18-28-10-12-30(13-11-28)43-61-39-22-33-34-21-36(48)35-20-32(55)14-15-44(35,5)46(34,49)37(56)23-45(33,6)47(39,62-43)38(57)24-54/h7-15,19-20,25-27,33-34,36-37,39,43,50,54,56H,16-18,21-24H2,1-6H3,(H,51,58)(H,52,59)(H,53,60)/t26-,27-,33-,34-,36-,37-,39+,43+,44-,45-,46-,47+/m0/s1. The van der Waals surface area contributed by atoms with E-state index in [0.29, 0.717) is 30.8 Å². The highest BCUT2D eigenvalue weighted by Gasteiger charge is 2.80. The Morgan fingerprint density at radius 1 is 0.919 bits per heavy atom. The third kappa shape index (κ3) is 7.63. The summed E-state index contributed by atoms with van der Waals surface area (Å²) in [6, 6.07) is 13.3. The number of amides is 3. The Kier molecular flexibility index (Phi) is 12.5. The molecule has 0 bridgehead atoms. The topological polar surface area (TPSA) is 192 Å². The zero-order valence-electron chi connectivity index (χ0n) is 36.0. The number of allylic oxidation sites excluding steroid dienone is 4. The van der Waals surface area contributed by atoms with E-state index in [1.807, 2.05) is 42.5 Å². The average Bonchev–Trinajstić information content (AvgIpc) is 3.74. The molecule has 5 aliphatic rings. The molecule has 1 saturated heterocycles. The van der Waals surface area contributed by atoms with Crippen LogP contribution in [-0.2, 0) is 39.9 Å². The van der Waals surface area contributed by atoms with Gasteiger partial charge in [0.2, 0.25) is 17.7 Å². The number of fused-ring (bicyclic) bond motifs is 7. The molecule has 0 unspecified atom stereocenters. The fourth-order valence-electron chi connectivity index (χ4n) is 10.9. The van der Waals surface area contributed by atoms with Crippen LogP contribution in [0.4, 0.5) is 14.5 Å². The number of ether oxygens (including phenoxy) is 2. The van der Waals surface area contributed by atoms with Crippen molar-refractivity contribution in [3.8, 4) is 0 Å². The van der Waals surface area contributed by atoms with Crippen LogP contribution in [0.3, 0.4) is 0 Å². The highest BCUT2D eigenvalue weighted by atomic mass is 19.1. The van der Waals surface area contributed by atoms with Gasteiger partial charge >= 0.3 is 0 Å². The number of rotatable bonds is 14. The Labute approximate surface area is 360 Å². The van der Waals surface area contributed by atoms with Gasteiger partial charge in [-0.15, -0.1) is 0 Å².